The van der Waals surface area contributed by atoms with Crippen LogP contribution in [0.2, 0.25) is 0 Å². The van der Waals surface area contributed by atoms with Gasteiger partial charge in [-0.1, -0.05) is 37.3 Å². The molecule has 4 amide bonds. The van der Waals surface area contributed by atoms with Crippen LogP contribution < -0.4 is 10.7 Å². The van der Waals surface area contributed by atoms with E-state index in [9.17, 15) is 14.4 Å². The van der Waals surface area contributed by atoms with E-state index in [1.807, 2.05) is 12.1 Å². The number of aryl methyl sites for hydroxylation is 1. The fourth-order valence-electron chi connectivity index (χ4n) is 3.68. The van der Waals surface area contributed by atoms with Gasteiger partial charge in [-0.3, -0.25) is 15.0 Å². The van der Waals surface area contributed by atoms with Gasteiger partial charge in [-0.2, -0.15) is 5.01 Å². The lowest BCUT2D eigenvalue weighted by Gasteiger charge is -2.21. The summed E-state index contributed by atoms with van der Waals surface area (Å²) in [7, 11) is 0. The Kier molecular flexibility index (Phi) is 4.26. The Morgan fingerprint density at radius 3 is 2.78 bits per heavy atom. The van der Waals surface area contributed by atoms with Crippen molar-refractivity contribution < 1.29 is 14.4 Å². The molecule has 0 bridgehead atoms. The maximum Gasteiger partial charge on any atom is 0.344 e. The predicted octanol–water partition coefficient (Wildman–Crippen LogP) is 2.98. The molecule has 1 aromatic carbocycles. The molecule has 140 valence electrons. The van der Waals surface area contributed by atoms with E-state index in [4.69, 9.17) is 0 Å². The summed E-state index contributed by atoms with van der Waals surface area (Å²) >= 11 is 1.45. The molecule has 2 N–H and O–H groups in total. The molecule has 7 heteroatoms. The molecule has 0 radical (unpaired) electrons. The van der Waals surface area contributed by atoms with Gasteiger partial charge in [0, 0.05) is 4.88 Å². The molecule has 2 heterocycles. The standard InChI is InChI=1S/C20H21N3O3S/c1-12-8-9-15-13(10-12)11-16(27-15)17(24)22-23-18(25)20(2,21-19(23)26)14-6-4-3-5-7-14/h3-7,11-12H,8-10H2,1-2H3,(H,21,26)(H,22,24). The minimum atomic E-state index is -1.20. The van der Waals surface area contributed by atoms with Crippen molar-refractivity contribution in [3.05, 3.63) is 57.3 Å². The van der Waals surface area contributed by atoms with Crippen LogP contribution in [-0.4, -0.2) is 22.9 Å². The smallest absolute Gasteiger partial charge is 0.318 e. The van der Waals surface area contributed by atoms with Crippen molar-refractivity contribution in [2.75, 3.05) is 0 Å². The number of urea groups is 1. The summed E-state index contributed by atoms with van der Waals surface area (Å²) in [5.41, 5.74) is 3.16. The van der Waals surface area contributed by atoms with E-state index >= 15 is 0 Å². The minimum Gasteiger partial charge on any atom is -0.318 e. The number of hydrazine groups is 1. The predicted molar refractivity (Wildman–Crippen MR) is 102 cm³/mol. The molecule has 27 heavy (non-hydrogen) atoms. The van der Waals surface area contributed by atoms with Crippen LogP contribution in [0.3, 0.4) is 0 Å². The van der Waals surface area contributed by atoms with Crippen LogP contribution in [0, 0.1) is 5.92 Å². The lowest BCUT2D eigenvalue weighted by atomic mass is 9.90. The Bertz CT molecular complexity index is 924. The maximum absolute atomic E-state index is 12.9. The number of thiophene rings is 1. The average Bonchev–Trinajstić information content (AvgIpc) is 3.17. The lowest BCUT2D eigenvalue weighted by molar-refractivity contribution is -0.132. The number of amides is 4. The van der Waals surface area contributed by atoms with Gasteiger partial charge in [0.05, 0.1) is 4.88 Å². The Hall–Kier alpha value is -2.67. The zero-order chi connectivity index (χ0) is 19.2. The highest BCUT2D eigenvalue weighted by atomic mass is 32.1. The topological polar surface area (TPSA) is 78.5 Å². The van der Waals surface area contributed by atoms with Crippen LogP contribution in [0.5, 0.6) is 0 Å². The number of benzene rings is 1. The number of imide groups is 1. The van der Waals surface area contributed by atoms with Crippen molar-refractivity contribution in [1.82, 2.24) is 15.8 Å². The van der Waals surface area contributed by atoms with Gasteiger partial charge >= 0.3 is 6.03 Å². The molecule has 1 aromatic heterocycles. The zero-order valence-electron chi connectivity index (χ0n) is 15.2. The van der Waals surface area contributed by atoms with Crippen molar-refractivity contribution >= 4 is 29.2 Å². The van der Waals surface area contributed by atoms with Crippen LogP contribution >= 0.6 is 11.3 Å². The number of nitrogens with one attached hydrogen (secondary N) is 2. The van der Waals surface area contributed by atoms with Crippen LogP contribution in [0.1, 0.15) is 45.9 Å². The summed E-state index contributed by atoms with van der Waals surface area (Å²) in [4.78, 5) is 39.7. The molecule has 2 atom stereocenters. The monoisotopic (exact) mass is 383 g/mol. The van der Waals surface area contributed by atoms with Crippen LogP contribution in [0.15, 0.2) is 36.4 Å². The molecule has 4 rings (SSSR count). The first-order valence-electron chi connectivity index (χ1n) is 9.03. The molecule has 1 aliphatic carbocycles. The number of hydrogen-bond acceptors (Lipinski definition) is 4. The molecule has 1 fully saturated rings. The molecule has 1 aliphatic heterocycles. The van der Waals surface area contributed by atoms with Crippen molar-refractivity contribution in [2.45, 2.75) is 38.6 Å². The largest absolute Gasteiger partial charge is 0.344 e. The van der Waals surface area contributed by atoms with E-state index < -0.39 is 23.4 Å². The van der Waals surface area contributed by atoms with Gasteiger partial charge in [-0.05, 0) is 49.3 Å². The molecular formula is C20H21N3O3S. The van der Waals surface area contributed by atoms with Gasteiger partial charge in [0.1, 0.15) is 5.54 Å². The van der Waals surface area contributed by atoms with E-state index in [2.05, 4.69) is 17.7 Å². The molecular weight excluding hydrogens is 362 g/mol. The van der Waals surface area contributed by atoms with Crippen LogP contribution in [-0.2, 0) is 23.2 Å². The third-order valence-corrected chi connectivity index (χ3v) is 6.54. The lowest BCUT2D eigenvalue weighted by Crippen LogP contribution is -2.47. The molecule has 2 aliphatic rings. The maximum atomic E-state index is 12.9. The summed E-state index contributed by atoms with van der Waals surface area (Å²) in [6, 6.07) is 10.3. The molecule has 1 saturated heterocycles. The van der Waals surface area contributed by atoms with Crippen LogP contribution in [0.25, 0.3) is 0 Å². The Morgan fingerprint density at radius 2 is 2.04 bits per heavy atom. The number of rotatable bonds is 3. The Morgan fingerprint density at radius 1 is 1.30 bits per heavy atom. The normalized spacial score (nSPS) is 24.5. The number of fused-ring (bicyclic) bond motifs is 1. The van der Waals surface area contributed by atoms with Gasteiger partial charge in [-0.25, -0.2) is 4.79 Å². The second-order valence-corrected chi connectivity index (χ2v) is 8.55. The van der Waals surface area contributed by atoms with Crippen molar-refractivity contribution in [2.24, 2.45) is 5.92 Å². The molecule has 0 saturated carbocycles. The number of hydrogen-bond donors (Lipinski definition) is 2. The number of carbonyl (C=O) groups excluding carboxylic acids is 3. The van der Waals surface area contributed by atoms with Gasteiger partial charge in [0.25, 0.3) is 11.8 Å². The average molecular weight is 383 g/mol. The van der Waals surface area contributed by atoms with E-state index in [1.165, 1.54) is 21.8 Å². The van der Waals surface area contributed by atoms with Gasteiger partial charge in [0.15, 0.2) is 0 Å². The first-order chi connectivity index (χ1) is 12.9. The first-order valence-corrected chi connectivity index (χ1v) is 9.85. The summed E-state index contributed by atoms with van der Waals surface area (Å²) in [5.74, 6) is -0.314. The van der Waals surface area contributed by atoms with Crippen molar-refractivity contribution in [1.29, 1.82) is 0 Å². The van der Waals surface area contributed by atoms with Gasteiger partial charge in [-0.15, -0.1) is 11.3 Å². The van der Waals surface area contributed by atoms with E-state index in [1.54, 1.807) is 31.2 Å². The third-order valence-electron chi connectivity index (χ3n) is 5.31. The molecule has 2 unspecified atom stereocenters. The third kappa shape index (κ3) is 3.02. The summed E-state index contributed by atoms with van der Waals surface area (Å²) in [6.07, 6.45) is 3.06. The summed E-state index contributed by atoms with van der Waals surface area (Å²) < 4.78 is 0. The fraction of sp³-hybridized carbons (Fsp3) is 0.350. The van der Waals surface area contributed by atoms with E-state index in [-0.39, 0.29) is 0 Å². The van der Waals surface area contributed by atoms with Gasteiger partial charge in [0.2, 0.25) is 0 Å². The Labute approximate surface area is 161 Å². The molecule has 0 spiro atoms. The molecule has 2 aromatic rings. The summed E-state index contributed by atoms with van der Waals surface area (Å²) in [6.45, 7) is 3.85. The van der Waals surface area contributed by atoms with Crippen LogP contribution in [0.4, 0.5) is 4.79 Å². The highest BCUT2D eigenvalue weighted by molar-refractivity contribution is 7.14. The van der Waals surface area contributed by atoms with Crippen molar-refractivity contribution in [3.8, 4) is 0 Å². The first kappa shape index (κ1) is 17.7. The van der Waals surface area contributed by atoms with Gasteiger partial charge < -0.3 is 5.32 Å². The van der Waals surface area contributed by atoms with E-state index in [0.717, 1.165) is 24.3 Å². The molecule has 6 nitrogen and oxygen atoms in total. The SMILES string of the molecule is CC1CCc2sc(C(=O)NN3C(=O)NC(C)(c4ccccc4)C3=O)cc2C1. The quantitative estimate of drug-likeness (QED) is 0.800. The second kappa shape index (κ2) is 6.49. The minimum absolute atomic E-state index is 0.428. The van der Waals surface area contributed by atoms with Crippen molar-refractivity contribution in [3.63, 3.8) is 0 Å². The summed E-state index contributed by atoms with van der Waals surface area (Å²) in [5, 5.41) is 3.47. The van der Waals surface area contributed by atoms with E-state index in [0.29, 0.717) is 16.4 Å². The number of nitrogens with zero attached hydrogens (tertiary/aromatic N) is 1. The number of carbonyl (C=O) groups is 3. The highest BCUT2D eigenvalue weighted by Crippen LogP contribution is 2.32. The fourth-order valence-corrected chi connectivity index (χ4v) is 4.78. The zero-order valence-corrected chi connectivity index (χ0v) is 16.1. The highest BCUT2D eigenvalue weighted by Gasteiger charge is 2.50. The Balaban J connectivity index is 1.54. The second-order valence-electron chi connectivity index (χ2n) is 7.41.